The van der Waals surface area contributed by atoms with E-state index >= 15 is 0 Å². The molecule has 1 amide bonds. The van der Waals surface area contributed by atoms with Crippen molar-refractivity contribution in [2.75, 3.05) is 51.8 Å². The first-order valence-electron chi connectivity index (χ1n) is 14.1. The molecule has 4 aromatic rings. The van der Waals surface area contributed by atoms with Crippen molar-refractivity contribution in [3.63, 3.8) is 0 Å². The molecule has 1 aliphatic heterocycles. The Hall–Kier alpha value is -3.75. The summed E-state index contributed by atoms with van der Waals surface area (Å²) in [5.41, 5.74) is 2.44. The topological polar surface area (TPSA) is 74.7 Å². The zero-order valence-electron chi connectivity index (χ0n) is 23.8. The van der Waals surface area contributed by atoms with Gasteiger partial charge < -0.3 is 19.4 Å². The van der Waals surface area contributed by atoms with Gasteiger partial charge >= 0.3 is 6.01 Å². The van der Waals surface area contributed by atoms with Gasteiger partial charge in [-0.25, -0.2) is 4.98 Å². The Bertz CT molecular complexity index is 1630. The fourth-order valence-corrected chi connectivity index (χ4v) is 6.22. The second kappa shape index (κ2) is 10.9. The van der Waals surface area contributed by atoms with Crippen LogP contribution in [0.3, 0.4) is 0 Å². The van der Waals surface area contributed by atoms with E-state index in [-0.39, 0.29) is 17.4 Å². The molecule has 0 N–H and O–H groups in total. The molecule has 9 heteroatoms. The molecule has 0 unspecified atom stereocenters. The van der Waals surface area contributed by atoms with Crippen LogP contribution < -0.4 is 9.64 Å². The molecule has 1 saturated carbocycles. The molecule has 212 valence electrons. The van der Waals surface area contributed by atoms with E-state index in [1.807, 2.05) is 41.3 Å². The van der Waals surface area contributed by atoms with Crippen LogP contribution in [0.25, 0.3) is 33.1 Å². The number of nitrogens with zero attached hydrogens (tertiary/aromatic N) is 6. The third kappa shape index (κ3) is 5.46. The van der Waals surface area contributed by atoms with Gasteiger partial charge in [-0.3, -0.25) is 4.79 Å². The van der Waals surface area contributed by atoms with E-state index in [9.17, 15) is 4.79 Å². The van der Waals surface area contributed by atoms with E-state index < -0.39 is 0 Å². The van der Waals surface area contributed by atoms with Crippen molar-refractivity contribution in [2.45, 2.75) is 25.8 Å². The van der Waals surface area contributed by atoms with Crippen molar-refractivity contribution in [2.24, 2.45) is 5.41 Å². The summed E-state index contributed by atoms with van der Waals surface area (Å²) in [5.74, 6) is 0.722. The van der Waals surface area contributed by atoms with E-state index in [1.54, 1.807) is 0 Å². The number of fused-ring (bicyclic) bond motifs is 2. The summed E-state index contributed by atoms with van der Waals surface area (Å²) in [6, 6.07) is 16.4. The van der Waals surface area contributed by atoms with Crippen molar-refractivity contribution in [1.82, 2.24) is 24.8 Å². The fourth-order valence-electron chi connectivity index (χ4n) is 5.93. The predicted octanol–water partition coefficient (Wildman–Crippen LogP) is 5.44. The van der Waals surface area contributed by atoms with Crippen molar-refractivity contribution in [1.29, 1.82) is 0 Å². The molecule has 3 heterocycles. The number of carbonyl (C=O) groups is 1. The Kier molecular flexibility index (Phi) is 7.30. The summed E-state index contributed by atoms with van der Waals surface area (Å²) >= 11 is 6.65. The summed E-state index contributed by atoms with van der Waals surface area (Å²) in [6.45, 7) is 9.09. The minimum absolute atomic E-state index is 0.0404. The lowest BCUT2D eigenvalue weighted by molar-refractivity contribution is -0.126. The molecular formula is C32H35ClN6O2. The van der Waals surface area contributed by atoms with Crippen LogP contribution in [0.5, 0.6) is 6.01 Å². The molecule has 8 nitrogen and oxygen atoms in total. The van der Waals surface area contributed by atoms with E-state index in [0.717, 1.165) is 52.6 Å². The lowest BCUT2D eigenvalue weighted by Gasteiger charge is -2.40. The Morgan fingerprint density at radius 3 is 2.61 bits per heavy atom. The summed E-state index contributed by atoms with van der Waals surface area (Å²) < 4.78 is 6.31. The number of rotatable bonds is 8. The molecule has 1 atom stereocenters. The number of piperazine rings is 1. The third-order valence-electron chi connectivity index (χ3n) is 8.15. The van der Waals surface area contributed by atoms with Gasteiger partial charge in [-0.15, -0.1) is 0 Å². The minimum atomic E-state index is -0.0521. The number of pyridine rings is 1. The first-order valence-corrected chi connectivity index (χ1v) is 14.5. The van der Waals surface area contributed by atoms with Crippen LogP contribution >= 0.6 is 11.6 Å². The van der Waals surface area contributed by atoms with Crippen molar-refractivity contribution < 1.29 is 9.53 Å². The van der Waals surface area contributed by atoms with Crippen LogP contribution in [0.15, 0.2) is 61.2 Å². The Morgan fingerprint density at radius 2 is 1.90 bits per heavy atom. The number of carbonyl (C=O) groups excluding carboxylic acids is 1. The standard InChI is InChI=1S/C32H35ClN6O2/c1-5-27(40)38-16-17-39(21(2)18-38)30-24-12-13-26(23-10-6-8-22-9-7-11-25(33)28(22)23)34-29(24)35-31(36-30)41-20-32(14-15-32)19-37(3)4/h5-13,21H,1,14-20H2,2-4H3/t21-/m1/s1. The minimum Gasteiger partial charge on any atom is -0.463 e. The number of amides is 1. The smallest absolute Gasteiger partial charge is 0.320 e. The zero-order valence-corrected chi connectivity index (χ0v) is 24.6. The highest BCUT2D eigenvalue weighted by molar-refractivity contribution is 6.36. The van der Waals surface area contributed by atoms with Crippen LogP contribution in [-0.4, -0.2) is 83.6 Å². The molecule has 41 heavy (non-hydrogen) atoms. The summed E-state index contributed by atoms with van der Waals surface area (Å²) in [4.78, 5) is 33.3. The third-order valence-corrected chi connectivity index (χ3v) is 8.47. The van der Waals surface area contributed by atoms with Crippen LogP contribution in [0.4, 0.5) is 5.82 Å². The molecule has 2 aliphatic rings. The van der Waals surface area contributed by atoms with Gasteiger partial charge in [0.1, 0.15) is 5.82 Å². The highest BCUT2D eigenvalue weighted by Gasteiger charge is 2.44. The van der Waals surface area contributed by atoms with Gasteiger partial charge in [0.05, 0.1) is 17.7 Å². The van der Waals surface area contributed by atoms with E-state index in [1.165, 1.54) is 6.08 Å². The lowest BCUT2D eigenvalue weighted by atomic mass is 10.0. The maximum absolute atomic E-state index is 12.3. The number of hydrogen-bond acceptors (Lipinski definition) is 7. The number of ether oxygens (including phenoxy) is 1. The molecule has 2 aromatic heterocycles. The first-order chi connectivity index (χ1) is 19.8. The number of benzene rings is 2. The molecule has 2 fully saturated rings. The number of aromatic nitrogens is 3. The summed E-state index contributed by atoms with van der Waals surface area (Å²) in [6.07, 6.45) is 3.64. The molecule has 1 saturated heterocycles. The van der Waals surface area contributed by atoms with Gasteiger partial charge in [-0.1, -0.05) is 48.5 Å². The van der Waals surface area contributed by atoms with Crippen LogP contribution in [-0.2, 0) is 4.79 Å². The highest BCUT2D eigenvalue weighted by atomic mass is 35.5. The molecular weight excluding hydrogens is 536 g/mol. The monoisotopic (exact) mass is 570 g/mol. The predicted molar refractivity (Wildman–Crippen MR) is 165 cm³/mol. The van der Waals surface area contributed by atoms with Gasteiger partial charge in [0.25, 0.3) is 0 Å². The van der Waals surface area contributed by atoms with Crippen LogP contribution in [0.2, 0.25) is 5.02 Å². The second-order valence-corrected chi connectivity index (χ2v) is 12.0. The summed E-state index contributed by atoms with van der Waals surface area (Å²) in [5, 5.41) is 3.55. The number of hydrogen-bond donors (Lipinski definition) is 0. The molecule has 0 bridgehead atoms. The summed E-state index contributed by atoms with van der Waals surface area (Å²) in [7, 11) is 4.18. The number of halogens is 1. The Labute approximate surface area is 245 Å². The molecule has 0 spiro atoms. The zero-order chi connectivity index (χ0) is 28.7. The largest absolute Gasteiger partial charge is 0.463 e. The SMILES string of the molecule is C=CC(=O)N1CCN(c2nc(OCC3(CN(C)C)CC3)nc3nc(-c4cccc5cccc(Cl)c45)ccc23)[C@H](C)C1. The van der Waals surface area contributed by atoms with Gasteiger partial charge in [-0.05, 0) is 63.5 Å². The first kappa shape index (κ1) is 27.4. The quantitative estimate of drug-likeness (QED) is 0.261. The van der Waals surface area contributed by atoms with Gasteiger partial charge in [0.2, 0.25) is 5.91 Å². The Morgan fingerprint density at radius 1 is 1.12 bits per heavy atom. The second-order valence-electron chi connectivity index (χ2n) is 11.6. The lowest BCUT2D eigenvalue weighted by Crippen LogP contribution is -2.53. The maximum Gasteiger partial charge on any atom is 0.320 e. The van der Waals surface area contributed by atoms with E-state index in [0.29, 0.717) is 42.9 Å². The molecule has 1 aliphatic carbocycles. The maximum atomic E-state index is 12.3. The molecule has 6 rings (SSSR count). The van der Waals surface area contributed by atoms with Crippen molar-refractivity contribution in [3.05, 3.63) is 66.2 Å². The fraction of sp³-hybridized carbons (Fsp3) is 0.375. The molecule has 0 radical (unpaired) electrons. The van der Waals surface area contributed by atoms with Crippen LogP contribution in [0.1, 0.15) is 19.8 Å². The van der Waals surface area contributed by atoms with Gasteiger partial charge in [0, 0.05) is 53.6 Å². The average Bonchev–Trinajstić information content (AvgIpc) is 3.73. The van der Waals surface area contributed by atoms with Crippen molar-refractivity contribution >= 4 is 45.1 Å². The van der Waals surface area contributed by atoms with Gasteiger partial charge in [-0.2, -0.15) is 9.97 Å². The Balaban J connectivity index is 1.41. The van der Waals surface area contributed by atoms with E-state index in [2.05, 4.69) is 49.5 Å². The molecule has 2 aromatic carbocycles. The van der Waals surface area contributed by atoms with E-state index in [4.69, 9.17) is 31.3 Å². The highest BCUT2D eigenvalue weighted by Crippen LogP contribution is 2.46. The van der Waals surface area contributed by atoms with Gasteiger partial charge in [0.15, 0.2) is 5.65 Å². The van der Waals surface area contributed by atoms with Crippen LogP contribution in [0, 0.1) is 5.41 Å². The number of anilines is 1. The van der Waals surface area contributed by atoms with Crippen molar-refractivity contribution in [3.8, 4) is 17.3 Å². The normalized spacial score (nSPS) is 18.2. The average molecular weight is 571 g/mol.